The molecule has 0 unspecified atom stereocenters. The lowest BCUT2D eigenvalue weighted by atomic mass is 9.76. The Morgan fingerprint density at radius 1 is 1.38 bits per heavy atom. The van der Waals surface area contributed by atoms with E-state index < -0.39 is 6.17 Å². The van der Waals surface area contributed by atoms with Crippen LogP contribution in [0.2, 0.25) is 0 Å². The van der Waals surface area contributed by atoms with Crippen LogP contribution in [0, 0.1) is 11.8 Å². The van der Waals surface area contributed by atoms with Crippen molar-refractivity contribution in [3.05, 3.63) is 0 Å². The zero-order valence-corrected chi connectivity index (χ0v) is 5.52. The highest BCUT2D eigenvalue weighted by Crippen LogP contribution is 2.35. The van der Waals surface area contributed by atoms with Crippen LogP contribution in [0.1, 0.15) is 26.7 Å². The summed E-state index contributed by atoms with van der Waals surface area (Å²) in [4.78, 5) is 0. The van der Waals surface area contributed by atoms with Gasteiger partial charge in [0.05, 0.1) is 0 Å². The first kappa shape index (κ1) is 6.06. The number of alkyl halides is 1. The maximum absolute atomic E-state index is 12.4. The van der Waals surface area contributed by atoms with Gasteiger partial charge in [-0.1, -0.05) is 13.8 Å². The highest BCUT2D eigenvalue weighted by molar-refractivity contribution is 4.82. The number of hydrogen-bond acceptors (Lipinski definition) is 0. The molecule has 48 valence electrons. The van der Waals surface area contributed by atoms with Gasteiger partial charge in [0.15, 0.2) is 0 Å². The Morgan fingerprint density at radius 3 is 2.00 bits per heavy atom. The predicted molar refractivity (Wildman–Crippen MR) is 32.5 cm³/mol. The van der Waals surface area contributed by atoms with Crippen molar-refractivity contribution >= 4 is 0 Å². The second kappa shape index (κ2) is 2.04. The summed E-state index contributed by atoms with van der Waals surface area (Å²) >= 11 is 0. The topological polar surface area (TPSA) is 0 Å². The molecule has 0 aliphatic heterocycles. The maximum atomic E-state index is 12.4. The molecule has 0 aromatic carbocycles. The molecule has 0 bridgehead atoms. The lowest BCUT2D eigenvalue weighted by Gasteiger charge is -2.33. The van der Waals surface area contributed by atoms with E-state index in [0.29, 0.717) is 11.8 Å². The quantitative estimate of drug-likeness (QED) is 0.493. The van der Waals surface area contributed by atoms with Gasteiger partial charge in [0.25, 0.3) is 0 Å². The molecule has 1 heteroatoms. The molecular formula is C7H13F. The van der Waals surface area contributed by atoms with Crippen molar-refractivity contribution in [1.82, 2.24) is 0 Å². The highest BCUT2D eigenvalue weighted by Gasteiger charge is 2.32. The molecule has 0 aromatic heterocycles. The molecule has 0 heterocycles. The second-order valence-corrected chi connectivity index (χ2v) is 3.00. The van der Waals surface area contributed by atoms with Crippen LogP contribution in [0.15, 0.2) is 0 Å². The van der Waals surface area contributed by atoms with E-state index in [1.807, 2.05) is 0 Å². The molecule has 0 amide bonds. The first-order valence-corrected chi connectivity index (χ1v) is 3.36. The van der Waals surface area contributed by atoms with E-state index >= 15 is 0 Å². The smallest absolute Gasteiger partial charge is 0.103 e. The Morgan fingerprint density at radius 2 is 2.00 bits per heavy atom. The summed E-state index contributed by atoms with van der Waals surface area (Å²) in [5, 5.41) is 0. The van der Waals surface area contributed by atoms with Gasteiger partial charge >= 0.3 is 0 Å². The minimum absolute atomic E-state index is 0.384. The van der Waals surface area contributed by atoms with Gasteiger partial charge in [0.2, 0.25) is 0 Å². The minimum Gasteiger partial charge on any atom is -0.247 e. The first-order valence-electron chi connectivity index (χ1n) is 3.36. The molecule has 0 saturated heterocycles. The standard InChI is InChI=1S/C7H13F/c1-5(2)6-3-4-7(6)8/h5-7H,3-4H2,1-2H3/t6-,7-/m0/s1. The fourth-order valence-corrected chi connectivity index (χ4v) is 1.24. The van der Waals surface area contributed by atoms with Crippen LogP contribution in [0.25, 0.3) is 0 Å². The third-order valence-corrected chi connectivity index (χ3v) is 2.10. The van der Waals surface area contributed by atoms with Gasteiger partial charge < -0.3 is 0 Å². The second-order valence-electron chi connectivity index (χ2n) is 3.00. The molecule has 1 aliphatic carbocycles. The van der Waals surface area contributed by atoms with E-state index in [1.165, 1.54) is 0 Å². The normalized spacial score (nSPS) is 37.5. The van der Waals surface area contributed by atoms with Crippen LogP contribution in [0.5, 0.6) is 0 Å². The van der Waals surface area contributed by atoms with E-state index in [1.54, 1.807) is 0 Å². The van der Waals surface area contributed by atoms with Crippen LogP contribution >= 0.6 is 0 Å². The molecule has 2 atom stereocenters. The highest BCUT2D eigenvalue weighted by atomic mass is 19.1. The summed E-state index contributed by atoms with van der Waals surface area (Å²) in [6.07, 6.45) is 1.44. The fourth-order valence-electron chi connectivity index (χ4n) is 1.24. The summed E-state index contributed by atoms with van der Waals surface area (Å²) in [6, 6.07) is 0. The van der Waals surface area contributed by atoms with Crippen LogP contribution in [-0.4, -0.2) is 6.17 Å². The summed E-state index contributed by atoms with van der Waals surface area (Å²) in [7, 11) is 0. The Kier molecular flexibility index (Phi) is 1.54. The number of rotatable bonds is 1. The molecule has 0 spiro atoms. The Bertz CT molecular complexity index is 73.7. The van der Waals surface area contributed by atoms with E-state index in [-0.39, 0.29) is 0 Å². The van der Waals surface area contributed by atoms with Gasteiger partial charge in [-0.15, -0.1) is 0 Å². The van der Waals surface area contributed by atoms with Crippen molar-refractivity contribution in [1.29, 1.82) is 0 Å². The van der Waals surface area contributed by atoms with E-state index in [9.17, 15) is 4.39 Å². The number of hydrogen-bond donors (Lipinski definition) is 0. The van der Waals surface area contributed by atoms with Crippen LogP contribution in [-0.2, 0) is 0 Å². The van der Waals surface area contributed by atoms with Crippen molar-refractivity contribution in [3.8, 4) is 0 Å². The van der Waals surface area contributed by atoms with Crippen LogP contribution in [0.3, 0.4) is 0 Å². The molecule has 0 radical (unpaired) electrons. The van der Waals surface area contributed by atoms with Gasteiger partial charge in [-0.05, 0) is 24.7 Å². The van der Waals surface area contributed by atoms with E-state index in [0.717, 1.165) is 12.8 Å². The average Bonchev–Trinajstić information content (AvgIpc) is 1.61. The molecule has 1 fully saturated rings. The molecule has 1 saturated carbocycles. The fraction of sp³-hybridized carbons (Fsp3) is 1.00. The average molecular weight is 116 g/mol. The Balaban J connectivity index is 2.26. The van der Waals surface area contributed by atoms with Gasteiger partial charge in [0, 0.05) is 0 Å². The summed E-state index contributed by atoms with van der Waals surface area (Å²) in [5.41, 5.74) is 0. The van der Waals surface area contributed by atoms with Crippen molar-refractivity contribution < 1.29 is 4.39 Å². The third kappa shape index (κ3) is 0.862. The molecule has 8 heavy (non-hydrogen) atoms. The van der Waals surface area contributed by atoms with E-state index in [2.05, 4.69) is 13.8 Å². The minimum atomic E-state index is -0.477. The summed E-state index contributed by atoms with van der Waals surface area (Å²) < 4.78 is 12.4. The van der Waals surface area contributed by atoms with Crippen molar-refractivity contribution in [2.75, 3.05) is 0 Å². The van der Waals surface area contributed by atoms with Crippen molar-refractivity contribution in [3.63, 3.8) is 0 Å². The van der Waals surface area contributed by atoms with Crippen LogP contribution < -0.4 is 0 Å². The van der Waals surface area contributed by atoms with Gasteiger partial charge in [-0.2, -0.15) is 0 Å². The number of halogens is 1. The van der Waals surface area contributed by atoms with E-state index in [4.69, 9.17) is 0 Å². The maximum Gasteiger partial charge on any atom is 0.103 e. The predicted octanol–water partition coefficient (Wildman–Crippen LogP) is 2.39. The van der Waals surface area contributed by atoms with Crippen LogP contribution in [0.4, 0.5) is 4.39 Å². The molecule has 0 nitrogen and oxygen atoms in total. The van der Waals surface area contributed by atoms with Gasteiger partial charge in [-0.3, -0.25) is 0 Å². The van der Waals surface area contributed by atoms with Gasteiger partial charge in [0.1, 0.15) is 6.17 Å². The molecule has 1 rings (SSSR count). The van der Waals surface area contributed by atoms with Crippen molar-refractivity contribution in [2.24, 2.45) is 11.8 Å². The Hall–Kier alpha value is -0.0700. The van der Waals surface area contributed by atoms with Crippen molar-refractivity contribution in [2.45, 2.75) is 32.9 Å². The summed E-state index contributed by atoms with van der Waals surface area (Å²) in [5.74, 6) is 0.939. The SMILES string of the molecule is CC(C)[C@@H]1CC[C@@H]1F. The summed E-state index contributed by atoms with van der Waals surface area (Å²) in [6.45, 7) is 4.19. The largest absolute Gasteiger partial charge is 0.247 e. The molecule has 0 N–H and O–H groups in total. The third-order valence-electron chi connectivity index (χ3n) is 2.10. The van der Waals surface area contributed by atoms with Gasteiger partial charge in [-0.25, -0.2) is 4.39 Å². The zero-order valence-electron chi connectivity index (χ0n) is 5.52. The molecular weight excluding hydrogens is 103 g/mol. The zero-order chi connectivity index (χ0) is 6.15. The molecule has 0 aromatic rings. The lowest BCUT2D eigenvalue weighted by molar-refractivity contribution is 0.0749. The molecule has 1 aliphatic rings. The lowest BCUT2D eigenvalue weighted by Crippen LogP contribution is -2.31. The first-order chi connectivity index (χ1) is 3.72. The monoisotopic (exact) mass is 116 g/mol. The Labute approximate surface area is 50.1 Å².